The Morgan fingerprint density at radius 2 is 2.33 bits per heavy atom. The number of carboxylic acids is 1. The average Bonchev–Trinajstić information content (AvgIpc) is 2.25. The van der Waals surface area contributed by atoms with Gasteiger partial charge in [0.05, 0.1) is 5.92 Å². The highest BCUT2D eigenvalue weighted by atomic mass is 16.4. The van der Waals surface area contributed by atoms with Crippen LogP contribution >= 0.6 is 0 Å². The fourth-order valence-electron chi connectivity index (χ4n) is 1.53. The molecule has 1 aromatic heterocycles. The molecule has 1 N–H and O–H groups in total. The predicted molar refractivity (Wildman–Crippen MR) is 58.6 cm³/mol. The fourth-order valence-corrected chi connectivity index (χ4v) is 1.53. The predicted octanol–water partition coefficient (Wildman–Crippen LogP) is 2.52. The highest BCUT2D eigenvalue weighted by Crippen LogP contribution is 2.14. The summed E-state index contributed by atoms with van der Waals surface area (Å²) in [6, 6.07) is 5.61. The Bertz CT molecular complexity index is 298. The maximum Gasteiger partial charge on any atom is 0.306 e. The van der Waals surface area contributed by atoms with Crippen LogP contribution in [0.3, 0.4) is 0 Å². The second kappa shape index (κ2) is 6.17. The third-order valence-corrected chi connectivity index (χ3v) is 2.44. The molecule has 1 rings (SSSR count). The van der Waals surface area contributed by atoms with Gasteiger partial charge in [-0.25, -0.2) is 0 Å². The monoisotopic (exact) mass is 207 g/mol. The Hall–Kier alpha value is -1.38. The molecule has 0 aliphatic rings. The summed E-state index contributed by atoms with van der Waals surface area (Å²) in [7, 11) is 0. The summed E-state index contributed by atoms with van der Waals surface area (Å²) in [6.45, 7) is 2.07. The van der Waals surface area contributed by atoms with Crippen molar-refractivity contribution in [1.82, 2.24) is 4.98 Å². The number of aliphatic carboxylic acids is 1. The quantitative estimate of drug-likeness (QED) is 0.779. The lowest BCUT2D eigenvalue weighted by Gasteiger charge is -2.10. The van der Waals surface area contributed by atoms with Crippen molar-refractivity contribution in [2.75, 3.05) is 0 Å². The van der Waals surface area contributed by atoms with E-state index < -0.39 is 5.97 Å². The molecular formula is C12H17NO2. The fraction of sp³-hybridized carbons (Fsp3) is 0.500. The number of carboxylic acid groups (broad SMARTS) is 1. The molecule has 0 amide bonds. The Balaban J connectivity index is 2.55. The molecule has 15 heavy (non-hydrogen) atoms. The molecule has 0 saturated carbocycles. The van der Waals surface area contributed by atoms with E-state index >= 15 is 0 Å². The Labute approximate surface area is 90.2 Å². The normalized spacial score (nSPS) is 12.3. The molecule has 0 radical (unpaired) electrons. The van der Waals surface area contributed by atoms with Crippen LogP contribution < -0.4 is 0 Å². The molecule has 0 aromatic carbocycles. The molecule has 82 valence electrons. The number of nitrogens with zero attached hydrogens (tertiary/aromatic N) is 1. The van der Waals surface area contributed by atoms with Crippen molar-refractivity contribution >= 4 is 5.97 Å². The molecular weight excluding hydrogens is 190 g/mol. The van der Waals surface area contributed by atoms with Crippen LogP contribution in [0.1, 0.15) is 31.9 Å². The minimum atomic E-state index is -0.714. The van der Waals surface area contributed by atoms with Gasteiger partial charge in [-0.05, 0) is 18.6 Å². The Morgan fingerprint density at radius 1 is 1.53 bits per heavy atom. The van der Waals surface area contributed by atoms with E-state index in [4.69, 9.17) is 5.11 Å². The van der Waals surface area contributed by atoms with E-state index in [0.717, 1.165) is 25.0 Å². The molecule has 1 heterocycles. The number of aromatic nitrogens is 1. The van der Waals surface area contributed by atoms with Gasteiger partial charge in [-0.3, -0.25) is 9.78 Å². The summed E-state index contributed by atoms with van der Waals surface area (Å²) >= 11 is 0. The summed E-state index contributed by atoms with van der Waals surface area (Å²) in [6.07, 6.45) is 4.97. The van der Waals surface area contributed by atoms with Crippen LogP contribution in [0, 0.1) is 5.92 Å². The standard InChI is InChI=1S/C12H17NO2/c1-2-3-6-10(12(14)15)9-11-7-4-5-8-13-11/h4-5,7-8,10H,2-3,6,9H2,1H3,(H,14,15). The lowest BCUT2D eigenvalue weighted by molar-refractivity contribution is -0.142. The molecule has 0 spiro atoms. The lowest BCUT2D eigenvalue weighted by Crippen LogP contribution is -2.16. The van der Waals surface area contributed by atoms with E-state index in [-0.39, 0.29) is 5.92 Å². The maximum absolute atomic E-state index is 11.0. The number of hydrogen-bond donors (Lipinski definition) is 1. The SMILES string of the molecule is CCCCC(Cc1ccccn1)C(=O)O. The van der Waals surface area contributed by atoms with Gasteiger partial charge in [-0.2, -0.15) is 0 Å². The summed E-state index contributed by atoms with van der Waals surface area (Å²) in [4.78, 5) is 15.1. The zero-order valence-corrected chi connectivity index (χ0v) is 9.02. The first-order valence-corrected chi connectivity index (χ1v) is 5.36. The van der Waals surface area contributed by atoms with Crippen LogP contribution in [0.4, 0.5) is 0 Å². The van der Waals surface area contributed by atoms with E-state index in [1.165, 1.54) is 0 Å². The number of unbranched alkanes of at least 4 members (excludes halogenated alkanes) is 1. The minimum absolute atomic E-state index is 0.292. The zero-order chi connectivity index (χ0) is 11.1. The molecule has 1 aromatic rings. The van der Waals surface area contributed by atoms with Gasteiger partial charge in [0.25, 0.3) is 0 Å². The average molecular weight is 207 g/mol. The minimum Gasteiger partial charge on any atom is -0.481 e. The van der Waals surface area contributed by atoms with Crippen molar-refractivity contribution in [2.24, 2.45) is 5.92 Å². The molecule has 0 fully saturated rings. The molecule has 0 aliphatic carbocycles. The first kappa shape index (κ1) is 11.7. The van der Waals surface area contributed by atoms with Crippen molar-refractivity contribution in [1.29, 1.82) is 0 Å². The summed E-state index contributed by atoms with van der Waals surface area (Å²) in [5.41, 5.74) is 0.862. The Kier molecular flexibility index (Phi) is 4.81. The first-order chi connectivity index (χ1) is 7.24. The molecule has 0 aliphatic heterocycles. The number of hydrogen-bond acceptors (Lipinski definition) is 2. The topological polar surface area (TPSA) is 50.2 Å². The van der Waals surface area contributed by atoms with Crippen LogP contribution in [0.5, 0.6) is 0 Å². The van der Waals surface area contributed by atoms with Crippen LogP contribution in [0.25, 0.3) is 0 Å². The van der Waals surface area contributed by atoms with Crippen LogP contribution in [0.15, 0.2) is 24.4 Å². The van der Waals surface area contributed by atoms with Crippen molar-refractivity contribution < 1.29 is 9.90 Å². The number of carbonyl (C=O) groups is 1. The summed E-state index contributed by atoms with van der Waals surface area (Å²) in [5, 5.41) is 9.03. The van der Waals surface area contributed by atoms with E-state index in [0.29, 0.717) is 6.42 Å². The molecule has 0 bridgehead atoms. The van der Waals surface area contributed by atoms with Gasteiger partial charge in [0.15, 0.2) is 0 Å². The van der Waals surface area contributed by atoms with Crippen molar-refractivity contribution in [3.8, 4) is 0 Å². The summed E-state index contributed by atoms with van der Waals surface area (Å²) in [5.74, 6) is -1.01. The maximum atomic E-state index is 11.0. The Morgan fingerprint density at radius 3 is 2.87 bits per heavy atom. The van der Waals surface area contributed by atoms with Crippen LogP contribution in [-0.2, 0) is 11.2 Å². The van der Waals surface area contributed by atoms with Gasteiger partial charge in [0.1, 0.15) is 0 Å². The van der Waals surface area contributed by atoms with E-state index in [2.05, 4.69) is 11.9 Å². The molecule has 3 nitrogen and oxygen atoms in total. The molecule has 0 saturated heterocycles. The van der Waals surface area contributed by atoms with Gasteiger partial charge < -0.3 is 5.11 Å². The first-order valence-electron chi connectivity index (χ1n) is 5.36. The zero-order valence-electron chi connectivity index (χ0n) is 9.02. The van der Waals surface area contributed by atoms with Crippen LogP contribution in [-0.4, -0.2) is 16.1 Å². The van der Waals surface area contributed by atoms with E-state index in [1.54, 1.807) is 6.20 Å². The second-order valence-electron chi connectivity index (χ2n) is 3.70. The largest absolute Gasteiger partial charge is 0.481 e. The molecule has 1 unspecified atom stereocenters. The number of pyridine rings is 1. The van der Waals surface area contributed by atoms with Gasteiger partial charge in [0.2, 0.25) is 0 Å². The molecule has 3 heteroatoms. The third-order valence-electron chi connectivity index (χ3n) is 2.44. The number of rotatable bonds is 6. The van der Waals surface area contributed by atoms with Gasteiger partial charge in [0, 0.05) is 18.3 Å². The smallest absolute Gasteiger partial charge is 0.306 e. The highest BCUT2D eigenvalue weighted by Gasteiger charge is 2.17. The van der Waals surface area contributed by atoms with E-state index in [9.17, 15) is 4.79 Å². The van der Waals surface area contributed by atoms with Gasteiger partial charge in [-0.15, -0.1) is 0 Å². The molecule has 1 atom stereocenters. The second-order valence-corrected chi connectivity index (χ2v) is 3.70. The third kappa shape index (κ3) is 4.11. The summed E-state index contributed by atoms with van der Waals surface area (Å²) < 4.78 is 0. The van der Waals surface area contributed by atoms with Gasteiger partial charge >= 0.3 is 5.97 Å². The van der Waals surface area contributed by atoms with Crippen LogP contribution in [0.2, 0.25) is 0 Å². The highest BCUT2D eigenvalue weighted by molar-refractivity contribution is 5.70. The van der Waals surface area contributed by atoms with Crippen molar-refractivity contribution in [3.05, 3.63) is 30.1 Å². The lowest BCUT2D eigenvalue weighted by atomic mass is 9.97. The van der Waals surface area contributed by atoms with Crippen molar-refractivity contribution in [2.45, 2.75) is 32.6 Å². The van der Waals surface area contributed by atoms with E-state index in [1.807, 2.05) is 18.2 Å². The van der Waals surface area contributed by atoms with Crippen molar-refractivity contribution in [3.63, 3.8) is 0 Å². The van der Waals surface area contributed by atoms with Gasteiger partial charge in [-0.1, -0.05) is 25.8 Å².